The van der Waals surface area contributed by atoms with E-state index in [-0.39, 0.29) is 23.3 Å². The van der Waals surface area contributed by atoms with Gasteiger partial charge in [-0.1, -0.05) is 6.07 Å². The molecule has 4 aromatic heterocycles. The lowest BCUT2D eigenvalue weighted by atomic mass is 10.1. The minimum absolute atomic E-state index is 0.0713. The van der Waals surface area contributed by atoms with Gasteiger partial charge in [0, 0.05) is 35.4 Å². The van der Waals surface area contributed by atoms with Gasteiger partial charge in [0.1, 0.15) is 17.1 Å². The maximum atomic E-state index is 13.0. The van der Waals surface area contributed by atoms with E-state index in [1.807, 2.05) is 53.1 Å². The average Bonchev–Trinajstić information content (AvgIpc) is 3.62. The van der Waals surface area contributed by atoms with E-state index in [0.29, 0.717) is 40.2 Å². The Morgan fingerprint density at radius 2 is 1.91 bits per heavy atom. The zero-order chi connectivity index (χ0) is 29.5. The number of phenols is 1. The van der Waals surface area contributed by atoms with E-state index < -0.39 is 0 Å². The number of benzene rings is 2. The Morgan fingerprint density at radius 1 is 1.02 bits per heavy atom. The number of aromatic hydroxyl groups is 1. The summed E-state index contributed by atoms with van der Waals surface area (Å²) < 4.78 is 1.99. The van der Waals surface area contributed by atoms with Crippen molar-refractivity contribution in [1.82, 2.24) is 29.8 Å². The smallest absolute Gasteiger partial charge is 0.251 e. The number of hydrogen-bond donors (Lipinski definition) is 3. The maximum absolute atomic E-state index is 13.0. The van der Waals surface area contributed by atoms with E-state index in [0.717, 1.165) is 40.9 Å². The molecule has 6 aromatic rings. The molecule has 0 saturated heterocycles. The number of phenolic OH excluding ortho intramolecular Hbond substituents is 1. The van der Waals surface area contributed by atoms with E-state index in [4.69, 9.17) is 15.7 Å². The van der Waals surface area contributed by atoms with E-state index in [1.54, 1.807) is 18.6 Å². The summed E-state index contributed by atoms with van der Waals surface area (Å²) in [5, 5.41) is 12.9. The van der Waals surface area contributed by atoms with Crippen molar-refractivity contribution in [2.75, 3.05) is 5.73 Å². The number of fused-ring (bicyclic) bond motifs is 2. The van der Waals surface area contributed by atoms with Crippen molar-refractivity contribution in [3.05, 3.63) is 114 Å². The third-order valence-electron chi connectivity index (χ3n) is 7.73. The molecule has 0 saturated carbocycles. The van der Waals surface area contributed by atoms with Gasteiger partial charge in [0.05, 0.1) is 22.9 Å². The molecule has 4 heterocycles. The molecule has 1 aliphatic carbocycles. The van der Waals surface area contributed by atoms with Gasteiger partial charge in [-0.05, 0) is 90.7 Å². The van der Waals surface area contributed by atoms with E-state index >= 15 is 0 Å². The standard InChI is InChI=1S/C33H25N7O3/c34-30-25(4-2-14-36-30)31-38-28-11-10-26(21-3-1-13-35-17-21)37-32(28)40(31)23-7-8-24-19(16-23)5-9-27(24)39-33(43)20-6-12-29(42)22(15-20)18-41/h1-4,6-8,10-18,27,42H,5,9H2,(H2,34,36)(H,39,43)/t27-/m0/s1. The zero-order valence-corrected chi connectivity index (χ0v) is 22.8. The first-order valence-corrected chi connectivity index (χ1v) is 13.7. The predicted octanol–water partition coefficient (Wildman–Crippen LogP) is 5.06. The highest BCUT2D eigenvalue weighted by Crippen LogP contribution is 2.36. The number of imidazole rings is 1. The van der Waals surface area contributed by atoms with Crippen LogP contribution in [0.5, 0.6) is 5.75 Å². The molecule has 0 radical (unpaired) electrons. The quantitative estimate of drug-likeness (QED) is 0.237. The number of aromatic nitrogens is 5. The van der Waals surface area contributed by atoms with Crippen LogP contribution in [-0.2, 0) is 6.42 Å². The number of nitrogens with zero attached hydrogens (tertiary/aromatic N) is 5. The molecule has 4 N–H and O–H groups in total. The number of anilines is 1. The summed E-state index contributed by atoms with van der Waals surface area (Å²) in [7, 11) is 0. The van der Waals surface area contributed by atoms with E-state index in [1.165, 1.54) is 18.2 Å². The molecule has 1 atom stereocenters. The molecule has 1 aliphatic rings. The van der Waals surface area contributed by atoms with Gasteiger partial charge in [0.2, 0.25) is 0 Å². The van der Waals surface area contributed by atoms with Gasteiger partial charge >= 0.3 is 0 Å². The van der Waals surface area contributed by atoms with E-state index in [9.17, 15) is 14.7 Å². The fraction of sp³-hybridized carbons (Fsp3) is 0.0909. The van der Waals surface area contributed by atoms with Crippen LogP contribution in [0, 0.1) is 0 Å². The minimum atomic E-state index is -0.313. The van der Waals surface area contributed by atoms with Crippen molar-refractivity contribution in [2.45, 2.75) is 18.9 Å². The molecule has 0 spiro atoms. The molecular weight excluding hydrogens is 542 g/mol. The fourth-order valence-electron chi connectivity index (χ4n) is 5.59. The molecule has 43 heavy (non-hydrogen) atoms. The number of nitrogens with one attached hydrogen (secondary N) is 1. The molecule has 1 amide bonds. The molecule has 7 rings (SSSR count). The Morgan fingerprint density at radius 3 is 2.72 bits per heavy atom. The lowest BCUT2D eigenvalue weighted by Gasteiger charge is -2.16. The lowest BCUT2D eigenvalue weighted by Crippen LogP contribution is -2.27. The summed E-state index contributed by atoms with van der Waals surface area (Å²) in [5.41, 5.74) is 13.4. The monoisotopic (exact) mass is 567 g/mol. The highest BCUT2D eigenvalue weighted by atomic mass is 16.3. The summed E-state index contributed by atoms with van der Waals surface area (Å²) in [6, 6.07) is 21.6. The number of amides is 1. The van der Waals surface area contributed by atoms with Gasteiger partial charge in [-0.15, -0.1) is 0 Å². The lowest BCUT2D eigenvalue weighted by molar-refractivity contribution is 0.0936. The Kier molecular flexibility index (Phi) is 6.35. The second-order valence-electron chi connectivity index (χ2n) is 10.3. The molecule has 0 unspecified atom stereocenters. The number of aldehydes is 1. The van der Waals surface area contributed by atoms with Gasteiger partial charge in [0.15, 0.2) is 17.8 Å². The van der Waals surface area contributed by atoms with Crippen molar-refractivity contribution in [3.8, 4) is 34.1 Å². The summed E-state index contributed by atoms with van der Waals surface area (Å²) in [6.45, 7) is 0. The number of carbonyl (C=O) groups is 2. The van der Waals surface area contributed by atoms with Gasteiger partial charge in [-0.3, -0.25) is 19.1 Å². The number of nitrogens with two attached hydrogens (primary N) is 1. The summed E-state index contributed by atoms with van der Waals surface area (Å²) in [4.78, 5) is 42.7. The summed E-state index contributed by atoms with van der Waals surface area (Å²) in [5.74, 6) is 0.513. The molecule has 10 nitrogen and oxygen atoms in total. The summed E-state index contributed by atoms with van der Waals surface area (Å²) >= 11 is 0. The van der Waals surface area contributed by atoms with Crippen molar-refractivity contribution in [3.63, 3.8) is 0 Å². The van der Waals surface area contributed by atoms with Crippen LogP contribution in [0.15, 0.2) is 91.4 Å². The Hall–Kier alpha value is -5.90. The first-order chi connectivity index (χ1) is 21.0. The van der Waals surface area contributed by atoms with Crippen LogP contribution in [0.1, 0.15) is 44.3 Å². The van der Waals surface area contributed by atoms with Crippen molar-refractivity contribution < 1.29 is 14.7 Å². The van der Waals surface area contributed by atoms with Crippen LogP contribution in [0.3, 0.4) is 0 Å². The largest absolute Gasteiger partial charge is 0.507 e. The van der Waals surface area contributed by atoms with Crippen molar-refractivity contribution in [2.24, 2.45) is 0 Å². The molecule has 210 valence electrons. The normalized spacial score (nSPS) is 14.0. The molecule has 10 heteroatoms. The van der Waals surface area contributed by atoms with Crippen LogP contribution >= 0.6 is 0 Å². The van der Waals surface area contributed by atoms with Gasteiger partial charge in [-0.25, -0.2) is 15.0 Å². The Balaban J connectivity index is 1.29. The SMILES string of the molecule is Nc1ncccc1-c1nc2ccc(-c3cccnc3)nc2n1-c1ccc2c(c1)CC[C@@H]2NC(=O)c1ccc(O)c(C=O)c1. The van der Waals surface area contributed by atoms with Gasteiger partial charge in [-0.2, -0.15) is 0 Å². The van der Waals surface area contributed by atoms with Crippen LogP contribution in [0.25, 0.3) is 39.5 Å². The molecular formula is C33H25N7O3. The first-order valence-electron chi connectivity index (χ1n) is 13.7. The Bertz CT molecular complexity index is 2040. The van der Waals surface area contributed by atoms with Crippen molar-refractivity contribution >= 4 is 29.2 Å². The number of rotatable bonds is 6. The minimum Gasteiger partial charge on any atom is -0.507 e. The molecule has 0 bridgehead atoms. The second-order valence-corrected chi connectivity index (χ2v) is 10.3. The highest BCUT2D eigenvalue weighted by molar-refractivity contribution is 5.96. The molecule has 2 aromatic carbocycles. The van der Waals surface area contributed by atoms with Crippen LogP contribution in [0.4, 0.5) is 5.82 Å². The predicted molar refractivity (Wildman–Crippen MR) is 162 cm³/mol. The van der Waals surface area contributed by atoms with E-state index in [2.05, 4.69) is 21.4 Å². The van der Waals surface area contributed by atoms with Crippen LogP contribution in [-0.4, -0.2) is 41.8 Å². The number of carbonyl (C=O) groups excluding carboxylic acids is 2. The number of hydrogen-bond acceptors (Lipinski definition) is 8. The van der Waals surface area contributed by atoms with Crippen LogP contribution in [0.2, 0.25) is 0 Å². The van der Waals surface area contributed by atoms with Gasteiger partial charge < -0.3 is 16.2 Å². The first kappa shape index (κ1) is 26.0. The Labute approximate surface area is 245 Å². The van der Waals surface area contributed by atoms with Gasteiger partial charge in [0.25, 0.3) is 5.91 Å². The topological polar surface area (TPSA) is 149 Å². The third kappa shape index (κ3) is 4.64. The second kappa shape index (κ2) is 10.5. The van der Waals surface area contributed by atoms with Crippen molar-refractivity contribution in [1.29, 1.82) is 0 Å². The van der Waals surface area contributed by atoms with Crippen LogP contribution < -0.4 is 11.1 Å². The number of pyridine rings is 3. The summed E-state index contributed by atoms with van der Waals surface area (Å²) in [6.07, 6.45) is 7.15. The average molecular weight is 568 g/mol. The molecule has 0 fully saturated rings. The fourth-order valence-corrected chi connectivity index (χ4v) is 5.59. The molecule has 0 aliphatic heterocycles. The zero-order valence-electron chi connectivity index (χ0n) is 22.8. The maximum Gasteiger partial charge on any atom is 0.251 e. The number of aryl methyl sites for hydroxylation is 1. The third-order valence-corrected chi connectivity index (χ3v) is 7.73. The number of nitrogen functional groups attached to an aromatic ring is 1. The highest BCUT2D eigenvalue weighted by Gasteiger charge is 2.26.